The first-order valence-electron chi connectivity index (χ1n) is 8.66. The Bertz CT molecular complexity index is 797. The maximum Gasteiger partial charge on any atom is 0.348 e. The van der Waals surface area contributed by atoms with Crippen molar-refractivity contribution in [3.05, 3.63) is 60.7 Å². The highest BCUT2D eigenvalue weighted by Crippen LogP contribution is 2.41. The second kappa shape index (κ2) is 6.99. The van der Waals surface area contributed by atoms with Gasteiger partial charge in [0.2, 0.25) is 11.2 Å². The van der Waals surface area contributed by atoms with Crippen molar-refractivity contribution in [2.24, 2.45) is 0 Å². The molecule has 0 spiro atoms. The molecule has 2 N–H and O–H groups in total. The highest BCUT2D eigenvalue weighted by molar-refractivity contribution is 5.86. The maximum atomic E-state index is 12.5. The molecule has 2 aromatic carbocycles. The summed E-state index contributed by atoms with van der Waals surface area (Å²) in [4.78, 5) is 25.0. The number of hydrogen-bond donors (Lipinski definition) is 2. The number of carbonyl (C=O) groups excluding carboxylic acids is 2. The van der Waals surface area contributed by atoms with E-state index in [9.17, 15) is 19.8 Å². The average molecular weight is 386 g/mol. The zero-order chi connectivity index (χ0) is 19.8. The van der Waals surface area contributed by atoms with Crippen molar-refractivity contribution in [1.29, 1.82) is 0 Å². The van der Waals surface area contributed by atoms with Crippen molar-refractivity contribution < 1.29 is 38.7 Å². The summed E-state index contributed by atoms with van der Waals surface area (Å²) >= 11 is 0. The minimum atomic E-state index is -2.17. The predicted octanol–water partition coefficient (Wildman–Crippen LogP) is 0.457. The molecule has 2 fully saturated rings. The van der Waals surface area contributed by atoms with Crippen LogP contribution in [0.4, 0.5) is 0 Å². The second-order valence-corrected chi connectivity index (χ2v) is 6.72. The van der Waals surface area contributed by atoms with Crippen LogP contribution in [-0.2, 0) is 19.1 Å². The van der Waals surface area contributed by atoms with E-state index in [2.05, 4.69) is 0 Å². The Morgan fingerprint density at radius 3 is 1.46 bits per heavy atom. The number of para-hydroxylation sites is 2. The monoisotopic (exact) mass is 386 g/mol. The summed E-state index contributed by atoms with van der Waals surface area (Å²) in [6.45, 7) is -0.982. The van der Waals surface area contributed by atoms with E-state index in [0.717, 1.165) is 0 Å². The number of aliphatic hydroxyl groups is 2. The average Bonchev–Trinajstić information content (AvgIpc) is 3.23. The van der Waals surface area contributed by atoms with E-state index in [1.807, 2.05) is 0 Å². The summed E-state index contributed by atoms with van der Waals surface area (Å²) in [6.07, 6.45) is -2.56. The van der Waals surface area contributed by atoms with Gasteiger partial charge in [-0.15, -0.1) is 0 Å². The van der Waals surface area contributed by atoms with E-state index < -0.39 is 48.6 Å². The zero-order valence-corrected chi connectivity index (χ0v) is 14.7. The van der Waals surface area contributed by atoms with E-state index in [0.29, 0.717) is 0 Å². The van der Waals surface area contributed by atoms with Crippen LogP contribution in [0, 0.1) is 0 Å². The maximum absolute atomic E-state index is 12.5. The highest BCUT2D eigenvalue weighted by Gasteiger charge is 2.68. The molecule has 0 radical (unpaired) electrons. The molecular weight excluding hydrogens is 368 g/mol. The fraction of sp³-hybridized carbons (Fsp3) is 0.300. The van der Waals surface area contributed by atoms with Gasteiger partial charge in [-0.1, -0.05) is 36.4 Å². The summed E-state index contributed by atoms with van der Waals surface area (Å²) in [5, 5.41) is 21.6. The molecule has 0 aromatic heterocycles. The standard InChI is InChI=1S/C20H18O8/c21-17(27-13-7-3-1-4-8-13)19(23)11-25-16-15(19)26-12-20(16,24)18(22)28-14-9-5-2-6-10-14/h1-10,15-16,23-24H,11-12H2/t15-,16-,19+,20+/m0/s1. The van der Waals surface area contributed by atoms with Crippen molar-refractivity contribution >= 4 is 11.9 Å². The zero-order valence-electron chi connectivity index (χ0n) is 14.7. The fourth-order valence-electron chi connectivity index (χ4n) is 3.27. The Kier molecular flexibility index (Phi) is 4.64. The lowest BCUT2D eigenvalue weighted by atomic mass is 9.90. The molecule has 4 atom stereocenters. The molecule has 2 saturated heterocycles. The normalized spacial score (nSPS) is 31.2. The molecule has 0 unspecified atom stereocenters. The SMILES string of the molecule is O=C(Oc1ccccc1)[C@@]1(O)CO[C@H]2[C@@H]1OC[C@]2(O)C(=O)Oc1ccccc1. The molecule has 4 rings (SSSR count). The Morgan fingerprint density at radius 2 is 1.11 bits per heavy atom. The predicted molar refractivity (Wildman–Crippen MR) is 93.5 cm³/mol. The summed E-state index contributed by atoms with van der Waals surface area (Å²) in [6, 6.07) is 16.4. The molecule has 146 valence electrons. The molecule has 2 aliphatic rings. The van der Waals surface area contributed by atoms with Gasteiger partial charge in [0.05, 0.1) is 13.2 Å². The van der Waals surface area contributed by atoms with Gasteiger partial charge in [-0.25, -0.2) is 9.59 Å². The number of hydrogen-bond acceptors (Lipinski definition) is 8. The van der Waals surface area contributed by atoms with Gasteiger partial charge in [-0.3, -0.25) is 0 Å². The van der Waals surface area contributed by atoms with Crippen molar-refractivity contribution in [1.82, 2.24) is 0 Å². The molecule has 8 heteroatoms. The van der Waals surface area contributed by atoms with E-state index in [-0.39, 0.29) is 11.5 Å². The van der Waals surface area contributed by atoms with Crippen LogP contribution in [0.25, 0.3) is 0 Å². The Hall–Kier alpha value is -2.78. The molecule has 0 aliphatic carbocycles. The first-order chi connectivity index (χ1) is 13.4. The van der Waals surface area contributed by atoms with E-state index >= 15 is 0 Å². The van der Waals surface area contributed by atoms with Crippen molar-refractivity contribution in [3.8, 4) is 11.5 Å². The fourth-order valence-corrected chi connectivity index (χ4v) is 3.27. The largest absolute Gasteiger partial charge is 0.424 e. The summed E-state index contributed by atoms with van der Waals surface area (Å²) in [7, 11) is 0. The van der Waals surface area contributed by atoms with Crippen LogP contribution in [0.15, 0.2) is 60.7 Å². The molecule has 28 heavy (non-hydrogen) atoms. The summed E-state index contributed by atoms with van der Waals surface area (Å²) in [5.41, 5.74) is -4.34. The third kappa shape index (κ3) is 3.06. The minimum Gasteiger partial charge on any atom is -0.424 e. The third-order valence-electron chi connectivity index (χ3n) is 4.80. The highest BCUT2D eigenvalue weighted by atomic mass is 16.6. The van der Waals surface area contributed by atoms with Gasteiger partial charge in [0, 0.05) is 0 Å². The number of ether oxygens (including phenoxy) is 4. The van der Waals surface area contributed by atoms with Gasteiger partial charge in [-0.05, 0) is 24.3 Å². The first-order valence-corrected chi connectivity index (χ1v) is 8.66. The van der Waals surface area contributed by atoms with Crippen molar-refractivity contribution in [2.75, 3.05) is 13.2 Å². The Labute approximate surface area is 160 Å². The quantitative estimate of drug-likeness (QED) is 0.576. The molecule has 2 aromatic rings. The van der Waals surface area contributed by atoms with Crippen molar-refractivity contribution in [2.45, 2.75) is 23.4 Å². The summed E-state index contributed by atoms with van der Waals surface area (Å²) < 4.78 is 21.2. The van der Waals surface area contributed by atoms with Crippen LogP contribution in [0.2, 0.25) is 0 Å². The molecule has 2 aliphatic heterocycles. The van der Waals surface area contributed by atoms with Gasteiger partial charge < -0.3 is 29.2 Å². The number of rotatable bonds is 4. The smallest absolute Gasteiger partial charge is 0.348 e. The second-order valence-electron chi connectivity index (χ2n) is 6.72. The lowest BCUT2D eigenvalue weighted by Crippen LogP contribution is -2.55. The number of carbonyl (C=O) groups is 2. The van der Waals surface area contributed by atoms with Crippen molar-refractivity contribution in [3.63, 3.8) is 0 Å². The van der Waals surface area contributed by atoms with Gasteiger partial charge in [0.1, 0.15) is 23.7 Å². The Balaban J connectivity index is 1.50. The lowest BCUT2D eigenvalue weighted by molar-refractivity contribution is -0.170. The number of benzene rings is 2. The molecule has 0 bridgehead atoms. The number of esters is 2. The molecule has 2 heterocycles. The lowest BCUT2D eigenvalue weighted by Gasteiger charge is -2.25. The van der Waals surface area contributed by atoms with Crippen LogP contribution in [0.5, 0.6) is 11.5 Å². The van der Waals surface area contributed by atoms with Crippen LogP contribution >= 0.6 is 0 Å². The minimum absolute atomic E-state index is 0.237. The van der Waals surface area contributed by atoms with Gasteiger partial charge in [0.25, 0.3) is 0 Å². The molecular formula is C20H18O8. The molecule has 0 amide bonds. The first kappa shape index (κ1) is 18.6. The van der Waals surface area contributed by atoms with Crippen LogP contribution in [-0.4, -0.2) is 58.8 Å². The Morgan fingerprint density at radius 1 is 0.750 bits per heavy atom. The van der Waals surface area contributed by atoms with Crippen LogP contribution in [0.1, 0.15) is 0 Å². The van der Waals surface area contributed by atoms with Gasteiger partial charge in [-0.2, -0.15) is 0 Å². The van der Waals surface area contributed by atoms with Crippen LogP contribution < -0.4 is 9.47 Å². The van der Waals surface area contributed by atoms with E-state index in [4.69, 9.17) is 18.9 Å². The van der Waals surface area contributed by atoms with E-state index in [1.165, 1.54) is 0 Å². The third-order valence-corrected chi connectivity index (χ3v) is 4.80. The molecule has 0 saturated carbocycles. The topological polar surface area (TPSA) is 112 Å². The van der Waals surface area contributed by atoms with E-state index in [1.54, 1.807) is 60.7 Å². The number of fused-ring (bicyclic) bond motifs is 1. The van der Waals surface area contributed by atoms with Gasteiger partial charge >= 0.3 is 11.9 Å². The summed E-state index contributed by atoms with van der Waals surface area (Å²) in [5.74, 6) is -1.51. The van der Waals surface area contributed by atoms with Crippen LogP contribution in [0.3, 0.4) is 0 Å². The van der Waals surface area contributed by atoms with Gasteiger partial charge in [0.15, 0.2) is 0 Å². The molecule has 8 nitrogen and oxygen atoms in total.